The molecule has 3 heteroatoms. The summed E-state index contributed by atoms with van der Waals surface area (Å²) in [6.07, 6.45) is 0. The number of nitrogens with zero attached hydrogens (tertiary/aromatic N) is 2. The maximum atomic E-state index is 6.81. The number of hydrogen-bond donors (Lipinski definition) is 0. The Labute approximate surface area is 407 Å². The van der Waals surface area contributed by atoms with Crippen molar-refractivity contribution in [3.05, 3.63) is 289 Å². The second-order valence-electron chi connectivity index (χ2n) is 18.3. The molecular formula is C67H44N2O. The van der Waals surface area contributed by atoms with Crippen molar-refractivity contribution >= 4 is 56.1 Å². The van der Waals surface area contributed by atoms with Crippen LogP contribution in [-0.4, -0.2) is 0 Å². The van der Waals surface area contributed by atoms with Crippen molar-refractivity contribution < 1.29 is 4.42 Å². The molecule has 0 N–H and O–H groups in total. The Kier molecular flexibility index (Phi) is 9.11. The van der Waals surface area contributed by atoms with E-state index >= 15 is 0 Å². The van der Waals surface area contributed by atoms with Gasteiger partial charge in [0.05, 0.1) is 33.9 Å². The number of fused-ring (bicyclic) bond motifs is 12. The summed E-state index contributed by atoms with van der Waals surface area (Å²) in [4.78, 5) is 4.98. The number of anilines is 6. The van der Waals surface area contributed by atoms with Crippen molar-refractivity contribution in [3.63, 3.8) is 0 Å². The largest absolute Gasteiger partial charge is 0.455 e. The van der Waals surface area contributed by atoms with E-state index in [4.69, 9.17) is 4.42 Å². The molecule has 1 spiro atoms. The number of furan rings is 1. The second-order valence-corrected chi connectivity index (χ2v) is 18.3. The summed E-state index contributed by atoms with van der Waals surface area (Å²) in [6, 6.07) is 97.4. The third-order valence-corrected chi connectivity index (χ3v) is 14.7. The molecule has 0 atom stereocenters. The average molecular weight is 893 g/mol. The standard InChI is InChI=1S/C67H44N2O/c1-3-21-45(22-4-1)46-41-43-47(44-42-46)49-25-8-14-35-59(49)69(60-36-15-9-26-50(60)52-29-19-30-53-51-27-10-18-40-64(51)70-66(52)53)63-39-20-34-58-65(63)54-28-7-11-31-55(54)67(58)56-32-12-16-37-61(56)68(48-23-5-2-6-24-48)62-38-17-13-33-57(62)67/h1-44H. The highest BCUT2D eigenvalue weighted by Gasteiger charge is 2.52. The van der Waals surface area contributed by atoms with Gasteiger partial charge in [-0.3, -0.25) is 0 Å². The molecule has 12 aromatic rings. The third-order valence-electron chi connectivity index (χ3n) is 14.7. The van der Waals surface area contributed by atoms with Crippen LogP contribution in [0.15, 0.2) is 271 Å². The lowest BCUT2D eigenvalue weighted by molar-refractivity contribution is 0.670. The molecule has 0 saturated carbocycles. The van der Waals surface area contributed by atoms with Crippen LogP contribution in [0.2, 0.25) is 0 Å². The van der Waals surface area contributed by atoms with Crippen molar-refractivity contribution in [2.75, 3.05) is 9.80 Å². The second kappa shape index (κ2) is 16.0. The molecule has 3 nitrogen and oxygen atoms in total. The van der Waals surface area contributed by atoms with E-state index in [0.29, 0.717) is 0 Å². The summed E-state index contributed by atoms with van der Waals surface area (Å²) in [5.41, 5.74) is 22.1. The van der Waals surface area contributed by atoms with Crippen molar-refractivity contribution in [2.45, 2.75) is 5.41 Å². The molecule has 70 heavy (non-hydrogen) atoms. The van der Waals surface area contributed by atoms with Gasteiger partial charge in [-0.25, -0.2) is 0 Å². The fraction of sp³-hybridized carbons (Fsp3) is 0.0149. The molecule has 0 fully saturated rings. The lowest BCUT2D eigenvalue weighted by Gasteiger charge is -2.45. The first kappa shape index (κ1) is 39.9. The van der Waals surface area contributed by atoms with E-state index in [9.17, 15) is 0 Å². The highest BCUT2D eigenvalue weighted by Crippen LogP contribution is 2.65. The minimum Gasteiger partial charge on any atom is -0.455 e. The van der Waals surface area contributed by atoms with Gasteiger partial charge >= 0.3 is 0 Å². The lowest BCUT2D eigenvalue weighted by atomic mass is 9.64. The summed E-state index contributed by atoms with van der Waals surface area (Å²) in [5.74, 6) is 0. The van der Waals surface area contributed by atoms with E-state index in [1.165, 1.54) is 55.9 Å². The molecule has 0 amide bonds. The van der Waals surface area contributed by atoms with E-state index in [1.54, 1.807) is 0 Å². The molecule has 1 aromatic heterocycles. The number of rotatable bonds is 7. The summed E-state index contributed by atoms with van der Waals surface area (Å²) in [6.45, 7) is 0. The van der Waals surface area contributed by atoms with Crippen LogP contribution in [0.4, 0.5) is 34.1 Å². The zero-order valence-corrected chi connectivity index (χ0v) is 38.2. The normalized spacial score (nSPS) is 12.9. The Morgan fingerprint density at radius 3 is 1.54 bits per heavy atom. The quantitative estimate of drug-likeness (QED) is 0.159. The van der Waals surface area contributed by atoms with Crippen LogP contribution in [0.3, 0.4) is 0 Å². The Hall–Kier alpha value is -9.18. The minimum absolute atomic E-state index is 0.627. The van der Waals surface area contributed by atoms with Crippen LogP contribution in [0.1, 0.15) is 22.3 Å². The number of hydrogen-bond acceptors (Lipinski definition) is 3. The summed E-state index contributed by atoms with van der Waals surface area (Å²) in [7, 11) is 0. The molecule has 0 bridgehead atoms. The van der Waals surface area contributed by atoms with Gasteiger partial charge in [-0.1, -0.05) is 218 Å². The molecular weight excluding hydrogens is 849 g/mol. The van der Waals surface area contributed by atoms with Crippen LogP contribution < -0.4 is 9.80 Å². The van der Waals surface area contributed by atoms with Crippen molar-refractivity contribution in [2.24, 2.45) is 0 Å². The minimum atomic E-state index is -0.627. The molecule has 11 aromatic carbocycles. The SMILES string of the molecule is c1ccc(-c2ccc(-c3ccccc3N(c3ccccc3-c3cccc4c3oc3ccccc34)c3cccc4c3-c3ccccc3C43c4ccccc4N(c4ccccc4)c4ccccc43)cc2)cc1. The highest BCUT2D eigenvalue weighted by molar-refractivity contribution is 6.12. The molecule has 14 rings (SSSR count). The van der Waals surface area contributed by atoms with Gasteiger partial charge in [0.2, 0.25) is 0 Å². The molecule has 1 aliphatic carbocycles. The topological polar surface area (TPSA) is 19.6 Å². The van der Waals surface area contributed by atoms with Gasteiger partial charge in [0.1, 0.15) is 11.2 Å². The van der Waals surface area contributed by atoms with Gasteiger partial charge in [-0.2, -0.15) is 0 Å². The molecule has 0 unspecified atom stereocenters. The third kappa shape index (κ3) is 5.88. The highest BCUT2D eigenvalue weighted by atomic mass is 16.3. The fourth-order valence-electron chi connectivity index (χ4n) is 11.8. The van der Waals surface area contributed by atoms with Crippen molar-refractivity contribution in [1.29, 1.82) is 0 Å². The predicted octanol–water partition coefficient (Wildman–Crippen LogP) is 18.2. The first-order chi connectivity index (χ1) is 34.8. The Bertz CT molecular complexity index is 3920. The molecule has 2 aliphatic rings. The predicted molar refractivity (Wildman–Crippen MR) is 290 cm³/mol. The maximum absolute atomic E-state index is 6.81. The van der Waals surface area contributed by atoms with E-state index in [0.717, 1.165) is 66.9 Å². The number of benzene rings is 11. The van der Waals surface area contributed by atoms with E-state index in [-0.39, 0.29) is 0 Å². The maximum Gasteiger partial charge on any atom is 0.143 e. The molecule has 1 aliphatic heterocycles. The van der Waals surface area contributed by atoms with Crippen molar-refractivity contribution in [1.82, 2.24) is 0 Å². The molecule has 0 saturated heterocycles. The lowest BCUT2D eigenvalue weighted by Crippen LogP contribution is -2.36. The fourth-order valence-corrected chi connectivity index (χ4v) is 11.8. The average Bonchev–Trinajstić information content (AvgIpc) is 3.97. The van der Waals surface area contributed by atoms with Crippen LogP contribution in [0, 0.1) is 0 Å². The van der Waals surface area contributed by atoms with Gasteiger partial charge in [0.25, 0.3) is 0 Å². The van der Waals surface area contributed by atoms with Crippen LogP contribution in [0.25, 0.3) is 66.4 Å². The molecule has 0 radical (unpaired) electrons. The van der Waals surface area contributed by atoms with E-state index in [2.05, 4.69) is 271 Å². The smallest absolute Gasteiger partial charge is 0.143 e. The summed E-state index contributed by atoms with van der Waals surface area (Å²) < 4.78 is 6.81. The zero-order chi connectivity index (χ0) is 46.2. The molecule has 2 heterocycles. The van der Waals surface area contributed by atoms with Gasteiger partial charge in [-0.05, 0) is 93.0 Å². The summed E-state index contributed by atoms with van der Waals surface area (Å²) in [5, 5.41) is 2.21. The van der Waals surface area contributed by atoms with Gasteiger partial charge in [-0.15, -0.1) is 0 Å². The Balaban J connectivity index is 1.06. The number of para-hydroxylation sites is 7. The van der Waals surface area contributed by atoms with Crippen LogP contribution in [0.5, 0.6) is 0 Å². The molecule has 328 valence electrons. The first-order valence-electron chi connectivity index (χ1n) is 24.1. The van der Waals surface area contributed by atoms with Gasteiger partial charge in [0.15, 0.2) is 0 Å². The van der Waals surface area contributed by atoms with Crippen molar-refractivity contribution in [3.8, 4) is 44.5 Å². The zero-order valence-electron chi connectivity index (χ0n) is 38.2. The van der Waals surface area contributed by atoms with E-state index < -0.39 is 5.41 Å². The first-order valence-corrected chi connectivity index (χ1v) is 24.1. The van der Waals surface area contributed by atoms with Gasteiger partial charge < -0.3 is 14.2 Å². The van der Waals surface area contributed by atoms with Crippen LogP contribution >= 0.6 is 0 Å². The Morgan fingerprint density at radius 2 is 0.800 bits per heavy atom. The van der Waals surface area contributed by atoms with Gasteiger partial charge in [0, 0.05) is 38.7 Å². The Morgan fingerprint density at radius 1 is 0.314 bits per heavy atom. The monoisotopic (exact) mass is 892 g/mol. The van der Waals surface area contributed by atoms with Crippen LogP contribution in [-0.2, 0) is 5.41 Å². The summed E-state index contributed by atoms with van der Waals surface area (Å²) >= 11 is 0. The van der Waals surface area contributed by atoms with E-state index in [1.807, 2.05) is 6.07 Å².